The fourth-order valence-corrected chi connectivity index (χ4v) is 4.35. The number of anilines is 1. The number of non-ortho nitro benzene ring substituents is 1. The number of rotatable bonds is 6. The van der Waals surface area contributed by atoms with Gasteiger partial charge >= 0.3 is 6.36 Å². The summed E-state index contributed by atoms with van der Waals surface area (Å²) in [5.41, 5.74) is 0.00000522. The number of carbonyl (C=O) groups is 1. The summed E-state index contributed by atoms with van der Waals surface area (Å²) in [5.74, 6) is -1.13. The molecule has 2 aromatic heterocycles. The van der Waals surface area contributed by atoms with E-state index in [-0.39, 0.29) is 16.4 Å². The normalized spacial score (nSPS) is 11.5. The maximum absolute atomic E-state index is 12.9. The van der Waals surface area contributed by atoms with Gasteiger partial charge in [-0.3, -0.25) is 20.2 Å². The molecule has 11 nitrogen and oxygen atoms in total. The van der Waals surface area contributed by atoms with E-state index in [4.69, 9.17) is 0 Å². The van der Waals surface area contributed by atoms with Crippen LogP contribution in [0, 0.1) is 10.1 Å². The van der Waals surface area contributed by atoms with Crippen LogP contribution in [-0.2, 0) is 7.05 Å². The van der Waals surface area contributed by atoms with Gasteiger partial charge in [-0.15, -0.1) is 18.3 Å². The summed E-state index contributed by atoms with van der Waals surface area (Å²) in [6, 6.07) is 7.30. The van der Waals surface area contributed by atoms with Crippen molar-refractivity contribution in [2.75, 3.05) is 5.32 Å². The first-order valence-electron chi connectivity index (χ1n) is 8.75. The number of hydrogen-bond donors (Lipinski definition) is 1. The zero-order chi connectivity index (χ0) is 23.8. The smallest absolute Gasteiger partial charge is 0.406 e. The molecule has 2 aromatic carbocycles. The largest absolute Gasteiger partial charge is 0.573 e. The minimum atomic E-state index is -4.84. The van der Waals surface area contributed by atoms with Gasteiger partial charge in [-0.1, -0.05) is 11.3 Å². The SMILES string of the molecule is Cn1nnnc1Sc1ccc([N+](=O)[O-])cc1C(=O)Nc1nc2ccc(OC(F)(F)F)cc2s1. The predicted molar refractivity (Wildman–Crippen MR) is 110 cm³/mol. The Kier molecular flexibility index (Phi) is 5.86. The summed E-state index contributed by atoms with van der Waals surface area (Å²) >= 11 is 1.94. The highest BCUT2D eigenvalue weighted by atomic mass is 32.2. The van der Waals surface area contributed by atoms with Crippen molar-refractivity contribution in [1.82, 2.24) is 25.2 Å². The van der Waals surface area contributed by atoms with E-state index in [2.05, 4.69) is 30.6 Å². The molecule has 2 heterocycles. The van der Waals surface area contributed by atoms with E-state index < -0.39 is 22.9 Å². The molecule has 0 aliphatic rings. The van der Waals surface area contributed by atoms with Crippen LogP contribution in [0.3, 0.4) is 0 Å². The van der Waals surface area contributed by atoms with Gasteiger partial charge < -0.3 is 4.74 Å². The van der Waals surface area contributed by atoms with E-state index in [0.29, 0.717) is 20.3 Å². The maximum Gasteiger partial charge on any atom is 0.573 e. The summed E-state index contributed by atoms with van der Waals surface area (Å²) < 4.78 is 42.9. The van der Waals surface area contributed by atoms with Crippen LogP contribution < -0.4 is 10.1 Å². The lowest BCUT2D eigenvalue weighted by atomic mass is 10.2. The number of nitrogens with zero attached hydrogens (tertiary/aromatic N) is 6. The standard InChI is InChI=1S/C17H10F3N7O4S2/c1-26-16(23-24-25-26)33-12-5-2-8(27(29)30)6-10(12)14(28)22-15-21-11-4-3-9(7-13(11)32-15)31-17(18,19)20/h2-7H,1H3,(H,21,22,28). The monoisotopic (exact) mass is 497 g/mol. The molecule has 0 aliphatic carbocycles. The molecule has 170 valence electrons. The van der Waals surface area contributed by atoms with Gasteiger partial charge in [-0.2, -0.15) is 0 Å². The van der Waals surface area contributed by atoms with E-state index >= 15 is 0 Å². The Morgan fingerprint density at radius 2 is 2.06 bits per heavy atom. The number of hydrogen-bond acceptors (Lipinski definition) is 10. The fraction of sp³-hybridized carbons (Fsp3) is 0.118. The van der Waals surface area contributed by atoms with Crippen LogP contribution in [-0.4, -0.2) is 42.4 Å². The third kappa shape index (κ3) is 5.17. The number of ether oxygens (including phenoxy) is 1. The van der Waals surface area contributed by atoms with Crippen LogP contribution in [0.1, 0.15) is 10.4 Å². The molecule has 1 amide bonds. The third-order valence-corrected chi connectivity index (χ3v) is 6.05. The number of amides is 1. The number of alkyl halides is 3. The molecule has 0 spiro atoms. The van der Waals surface area contributed by atoms with Crippen molar-refractivity contribution in [1.29, 1.82) is 0 Å². The number of nitro groups is 1. The molecule has 0 bridgehead atoms. The Bertz CT molecular complexity index is 1370. The van der Waals surface area contributed by atoms with Gasteiger partial charge in [0, 0.05) is 30.1 Å². The van der Waals surface area contributed by atoms with Gasteiger partial charge in [0.05, 0.1) is 20.7 Å². The number of tetrazole rings is 1. The molecule has 0 saturated carbocycles. The zero-order valence-corrected chi connectivity index (χ0v) is 17.9. The second-order valence-corrected chi connectivity index (χ2v) is 8.31. The Hall–Kier alpha value is -3.79. The molecule has 0 atom stereocenters. The van der Waals surface area contributed by atoms with E-state index in [1.54, 1.807) is 7.05 Å². The van der Waals surface area contributed by atoms with Crippen molar-refractivity contribution in [3.8, 4) is 5.75 Å². The number of nitrogens with one attached hydrogen (secondary N) is 1. The molecular formula is C17H10F3N7O4S2. The van der Waals surface area contributed by atoms with E-state index in [1.807, 2.05) is 0 Å². The minimum absolute atomic E-state index is 0.0300. The second-order valence-electron chi connectivity index (χ2n) is 6.28. The average Bonchev–Trinajstić information content (AvgIpc) is 3.31. The van der Waals surface area contributed by atoms with Crippen LogP contribution >= 0.6 is 23.1 Å². The van der Waals surface area contributed by atoms with Crippen molar-refractivity contribution < 1.29 is 27.6 Å². The van der Waals surface area contributed by atoms with E-state index in [0.717, 1.165) is 41.3 Å². The van der Waals surface area contributed by atoms with Gasteiger partial charge in [-0.05, 0) is 40.4 Å². The van der Waals surface area contributed by atoms with Crippen LogP contribution in [0.15, 0.2) is 46.5 Å². The topological polar surface area (TPSA) is 138 Å². The predicted octanol–water partition coefficient (Wildman–Crippen LogP) is 4.03. The molecule has 0 radical (unpaired) electrons. The number of halogens is 3. The maximum atomic E-state index is 12.9. The number of fused-ring (bicyclic) bond motifs is 1. The van der Waals surface area contributed by atoms with Gasteiger partial charge in [0.2, 0.25) is 5.16 Å². The lowest BCUT2D eigenvalue weighted by Crippen LogP contribution is -2.16. The Morgan fingerprint density at radius 3 is 2.73 bits per heavy atom. The summed E-state index contributed by atoms with van der Waals surface area (Å²) in [6.07, 6.45) is -4.84. The molecule has 0 aliphatic heterocycles. The highest BCUT2D eigenvalue weighted by Crippen LogP contribution is 2.34. The van der Waals surface area contributed by atoms with Crippen LogP contribution in [0.5, 0.6) is 5.75 Å². The molecule has 1 N–H and O–H groups in total. The number of aryl methyl sites for hydroxylation is 1. The number of benzene rings is 2. The molecule has 4 rings (SSSR count). The number of thiazole rings is 1. The van der Waals surface area contributed by atoms with Crippen LogP contribution in [0.25, 0.3) is 10.2 Å². The third-order valence-electron chi connectivity index (χ3n) is 4.02. The summed E-state index contributed by atoms with van der Waals surface area (Å²) in [4.78, 5) is 28.0. The number of carbonyl (C=O) groups excluding carboxylic acids is 1. The van der Waals surface area contributed by atoms with Crippen molar-refractivity contribution >= 4 is 50.0 Å². The molecule has 4 aromatic rings. The Morgan fingerprint density at radius 1 is 1.27 bits per heavy atom. The highest BCUT2D eigenvalue weighted by Gasteiger charge is 2.31. The van der Waals surface area contributed by atoms with E-state index in [1.165, 1.54) is 22.9 Å². The highest BCUT2D eigenvalue weighted by molar-refractivity contribution is 7.99. The molecule has 16 heteroatoms. The first-order chi connectivity index (χ1) is 15.6. The van der Waals surface area contributed by atoms with Crippen LogP contribution in [0.2, 0.25) is 0 Å². The molecule has 0 fully saturated rings. The Labute approximate surface area is 189 Å². The van der Waals surface area contributed by atoms with Crippen molar-refractivity contribution in [3.05, 3.63) is 52.1 Å². The first kappa shape index (κ1) is 22.4. The summed E-state index contributed by atoms with van der Waals surface area (Å²) in [6.45, 7) is 0. The lowest BCUT2D eigenvalue weighted by molar-refractivity contribution is -0.384. The van der Waals surface area contributed by atoms with Gasteiger partial charge in [0.25, 0.3) is 11.6 Å². The summed E-state index contributed by atoms with van der Waals surface area (Å²) in [7, 11) is 1.59. The molecular weight excluding hydrogens is 487 g/mol. The lowest BCUT2D eigenvalue weighted by Gasteiger charge is -2.08. The number of aromatic nitrogens is 5. The van der Waals surface area contributed by atoms with Crippen LogP contribution in [0.4, 0.5) is 24.0 Å². The zero-order valence-electron chi connectivity index (χ0n) is 16.2. The first-order valence-corrected chi connectivity index (χ1v) is 10.4. The average molecular weight is 497 g/mol. The minimum Gasteiger partial charge on any atom is -0.406 e. The van der Waals surface area contributed by atoms with Gasteiger partial charge in [-0.25, -0.2) is 9.67 Å². The quantitative estimate of drug-likeness (QED) is 0.309. The number of nitro benzene ring substituents is 1. The van der Waals surface area contributed by atoms with Crippen molar-refractivity contribution in [3.63, 3.8) is 0 Å². The van der Waals surface area contributed by atoms with Gasteiger partial charge in [0.1, 0.15) is 5.75 Å². The van der Waals surface area contributed by atoms with Crippen molar-refractivity contribution in [2.24, 2.45) is 7.05 Å². The second kappa shape index (κ2) is 8.62. The summed E-state index contributed by atoms with van der Waals surface area (Å²) in [5, 5.41) is 25.2. The van der Waals surface area contributed by atoms with Gasteiger partial charge in [0.15, 0.2) is 5.13 Å². The molecule has 33 heavy (non-hydrogen) atoms. The fourth-order valence-electron chi connectivity index (χ4n) is 2.62. The molecule has 0 unspecified atom stereocenters. The van der Waals surface area contributed by atoms with E-state index in [9.17, 15) is 28.1 Å². The van der Waals surface area contributed by atoms with Crippen molar-refractivity contribution in [2.45, 2.75) is 16.4 Å². The Balaban J connectivity index is 1.63. The molecule has 0 saturated heterocycles.